The zero-order valence-corrected chi connectivity index (χ0v) is 13.6. The quantitative estimate of drug-likeness (QED) is 0.661. The molecular weight excluding hydrogens is 339 g/mol. The highest BCUT2D eigenvalue weighted by molar-refractivity contribution is 7.81. The molecule has 2 atom stereocenters. The summed E-state index contributed by atoms with van der Waals surface area (Å²) in [5, 5.41) is 0.155. The highest BCUT2D eigenvalue weighted by atomic mass is 32.1. The molecule has 1 aliphatic heterocycles. The number of hydrogen-bond acceptors (Lipinski definition) is 5. The van der Waals surface area contributed by atoms with Gasteiger partial charge >= 0.3 is 0 Å². The van der Waals surface area contributed by atoms with Crippen molar-refractivity contribution >= 4 is 18.6 Å². The molecule has 0 unspecified atom stereocenters. The number of hydrogen-bond donors (Lipinski definition) is 1. The first-order chi connectivity index (χ1) is 11.5. The third kappa shape index (κ3) is 3.81. The van der Waals surface area contributed by atoms with Crippen LogP contribution < -0.4 is 4.90 Å². The van der Waals surface area contributed by atoms with Crippen LogP contribution in [-0.2, 0) is 11.3 Å². The lowest BCUT2D eigenvalue weighted by Gasteiger charge is -2.24. The van der Waals surface area contributed by atoms with Crippen molar-refractivity contribution in [3.63, 3.8) is 0 Å². The van der Waals surface area contributed by atoms with Crippen molar-refractivity contribution in [2.75, 3.05) is 18.1 Å². The Balaban J connectivity index is 1.62. The van der Waals surface area contributed by atoms with Crippen LogP contribution in [0.3, 0.4) is 0 Å². The van der Waals surface area contributed by atoms with Crippen LogP contribution in [0.25, 0.3) is 0 Å². The van der Waals surface area contributed by atoms with Gasteiger partial charge in [-0.2, -0.15) is 12.6 Å². The summed E-state index contributed by atoms with van der Waals surface area (Å²) in [4.78, 5) is 10.4. The van der Waals surface area contributed by atoms with Crippen molar-refractivity contribution in [1.82, 2.24) is 9.97 Å². The maximum absolute atomic E-state index is 13.6. The van der Waals surface area contributed by atoms with Gasteiger partial charge in [0.2, 0.25) is 5.95 Å². The molecule has 0 N–H and O–H groups in total. The first-order valence-electron chi connectivity index (χ1n) is 7.47. The Labute approximate surface area is 143 Å². The minimum Gasteiger partial charge on any atom is -0.375 e. The van der Waals surface area contributed by atoms with E-state index in [9.17, 15) is 13.2 Å². The summed E-state index contributed by atoms with van der Waals surface area (Å²) in [7, 11) is 0. The Morgan fingerprint density at radius 3 is 2.58 bits per heavy atom. The van der Waals surface area contributed by atoms with Crippen LogP contribution >= 0.6 is 12.6 Å². The van der Waals surface area contributed by atoms with Crippen molar-refractivity contribution in [2.24, 2.45) is 0 Å². The summed E-state index contributed by atoms with van der Waals surface area (Å²) >= 11 is 4.49. The molecule has 0 amide bonds. The predicted molar refractivity (Wildman–Crippen MR) is 86.5 cm³/mol. The van der Waals surface area contributed by atoms with E-state index < -0.39 is 17.5 Å². The first-order valence-corrected chi connectivity index (χ1v) is 7.99. The number of benzene rings is 1. The molecule has 2 heterocycles. The van der Waals surface area contributed by atoms with Crippen LogP contribution in [0.4, 0.5) is 19.1 Å². The molecule has 24 heavy (non-hydrogen) atoms. The second-order valence-corrected chi connectivity index (χ2v) is 6.35. The fourth-order valence-corrected chi connectivity index (χ4v) is 3.13. The molecule has 1 saturated heterocycles. The van der Waals surface area contributed by atoms with Crippen LogP contribution in [0, 0.1) is 17.5 Å². The smallest absolute Gasteiger partial charge is 0.225 e. The van der Waals surface area contributed by atoms with Gasteiger partial charge in [-0.3, -0.25) is 0 Å². The first kappa shape index (κ1) is 17.0. The summed E-state index contributed by atoms with van der Waals surface area (Å²) in [6.45, 7) is 0.828. The Kier molecular flexibility index (Phi) is 5.25. The Hall–Kier alpha value is -1.80. The molecule has 1 aromatic carbocycles. The average Bonchev–Trinajstić information content (AvgIpc) is 2.94. The lowest BCUT2D eigenvalue weighted by molar-refractivity contribution is 0.106. The van der Waals surface area contributed by atoms with Gasteiger partial charge in [0.15, 0.2) is 11.6 Å². The van der Waals surface area contributed by atoms with Gasteiger partial charge in [-0.05, 0) is 18.6 Å². The van der Waals surface area contributed by atoms with E-state index in [2.05, 4.69) is 22.6 Å². The third-order valence-corrected chi connectivity index (χ3v) is 4.23. The number of halogens is 3. The largest absolute Gasteiger partial charge is 0.375 e. The lowest BCUT2D eigenvalue weighted by atomic mass is 10.2. The van der Waals surface area contributed by atoms with E-state index in [-0.39, 0.29) is 30.1 Å². The lowest BCUT2D eigenvalue weighted by Crippen LogP contribution is -2.34. The Morgan fingerprint density at radius 1 is 1.12 bits per heavy atom. The van der Waals surface area contributed by atoms with Crippen LogP contribution in [0.1, 0.15) is 12.0 Å². The number of nitrogens with zero attached hydrogens (tertiary/aromatic N) is 3. The molecule has 1 aromatic heterocycles. The summed E-state index contributed by atoms with van der Waals surface area (Å²) in [5.41, 5.74) is -0.0168. The molecular formula is C16H16F3N3OS. The van der Waals surface area contributed by atoms with Crippen LogP contribution in [-0.4, -0.2) is 34.4 Å². The second kappa shape index (κ2) is 7.40. The number of anilines is 1. The van der Waals surface area contributed by atoms with Crippen molar-refractivity contribution in [3.8, 4) is 0 Å². The topological polar surface area (TPSA) is 38.2 Å². The van der Waals surface area contributed by atoms with Gasteiger partial charge in [-0.1, -0.05) is 0 Å². The van der Waals surface area contributed by atoms with Gasteiger partial charge < -0.3 is 9.64 Å². The Morgan fingerprint density at radius 2 is 1.83 bits per heavy atom. The third-order valence-electron chi connectivity index (χ3n) is 3.86. The fraction of sp³-hybridized carbons (Fsp3) is 0.375. The summed E-state index contributed by atoms with van der Waals surface area (Å²) in [6, 6.07) is 3.06. The van der Waals surface area contributed by atoms with E-state index in [1.54, 1.807) is 18.5 Å². The number of thiol groups is 1. The minimum atomic E-state index is -1.21. The van der Waals surface area contributed by atoms with Crippen LogP contribution in [0.15, 0.2) is 30.6 Å². The number of rotatable bonds is 5. The maximum Gasteiger partial charge on any atom is 0.225 e. The van der Waals surface area contributed by atoms with E-state index in [0.29, 0.717) is 18.6 Å². The van der Waals surface area contributed by atoms with Gasteiger partial charge in [-0.25, -0.2) is 23.1 Å². The minimum absolute atomic E-state index is 0.0109. The summed E-state index contributed by atoms with van der Waals surface area (Å²) in [6.07, 6.45) is 4.08. The van der Waals surface area contributed by atoms with E-state index in [0.717, 1.165) is 12.5 Å². The fourth-order valence-electron chi connectivity index (χ4n) is 2.71. The van der Waals surface area contributed by atoms with Gasteiger partial charge in [-0.15, -0.1) is 0 Å². The molecule has 0 spiro atoms. The normalized spacial score (nSPS) is 20.6. The molecule has 1 fully saturated rings. The van der Waals surface area contributed by atoms with Crippen molar-refractivity contribution < 1.29 is 17.9 Å². The molecule has 2 aromatic rings. The molecule has 3 rings (SSSR count). The van der Waals surface area contributed by atoms with Gasteiger partial charge in [0.1, 0.15) is 5.82 Å². The molecule has 8 heteroatoms. The SMILES string of the molecule is Fc1cc(F)c(COC[C@@H]2C[C@@H](S)CN2c2ncccn2)cc1F. The highest BCUT2D eigenvalue weighted by Gasteiger charge is 2.32. The zero-order chi connectivity index (χ0) is 17.1. The van der Waals surface area contributed by atoms with E-state index in [4.69, 9.17) is 4.74 Å². The van der Waals surface area contributed by atoms with E-state index in [1.165, 1.54) is 0 Å². The number of ether oxygens (including phenoxy) is 1. The van der Waals surface area contributed by atoms with Crippen LogP contribution in [0.2, 0.25) is 0 Å². The summed E-state index contributed by atoms with van der Waals surface area (Å²) in [5.74, 6) is -2.54. The standard InChI is InChI=1S/C16H16F3N3OS/c17-13-6-15(19)14(18)4-10(13)8-23-9-11-5-12(24)7-22(11)16-20-2-1-3-21-16/h1-4,6,11-12,24H,5,7-9H2/t11-,12+/m0/s1. The molecule has 0 radical (unpaired) electrons. The van der Waals surface area contributed by atoms with Crippen molar-refractivity contribution in [2.45, 2.75) is 24.3 Å². The summed E-state index contributed by atoms with van der Waals surface area (Å²) < 4.78 is 45.2. The molecule has 0 bridgehead atoms. The van der Waals surface area contributed by atoms with Gasteiger partial charge in [0.05, 0.1) is 19.3 Å². The zero-order valence-electron chi connectivity index (χ0n) is 12.7. The van der Waals surface area contributed by atoms with Gasteiger partial charge in [0, 0.05) is 35.8 Å². The average molecular weight is 355 g/mol. The highest BCUT2D eigenvalue weighted by Crippen LogP contribution is 2.26. The monoisotopic (exact) mass is 355 g/mol. The van der Waals surface area contributed by atoms with Crippen molar-refractivity contribution in [3.05, 3.63) is 53.6 Å². The maximum atomic E-state index is 13.6. The van der Waals surface area contributed by atoms with Crippen molar-refractivity contribution in [1.29, 1.82) is 0 Å². The number of aromatic nitrogens is 2. The molecule has 0 saturated carbocycles. The van der Waals surface area contributed by atoms with Gasteiger partial charge in [0.25, 0.3) is 0 Å². The van der Waals surface area contributed by atoms with E-state index in [1.807, 2.05) is 4.90 Å². The molecule has 128 valence electrons. The van der Waals surface area contributed by atoms with E-state index >= 15 is 0 Å². The molecule has 4 nitrogen and oxygen atoms in total. The second-order valence-electron chi connectivity index (χ2n) is 5.62. The Bertz CT molecular complexity index is 704. The van der Waals surface area contributed by atoms with Crippen LogP contribution in [0.5, 0.6) is 0 Å². The molecule has 1 aliphatic rings. The predicted octanol–water partition coefficient (Wildman–Crippen LogP) is 2.99. The molecule has 0 aliphatic carbocycles.